The van der Waals surface area contributed by atoms with Gasteiger partial charge in [0, 0.05) is 24.7 Å². The monoisotopic (exact) mass is 294 g/mol. The molecule has 22 heavy (non-hydrogen) atoms. The Balaban J connectivity index is 1.82. The van der Waals surface area contributed by atoms with Crippen LogP contribution in [0.3, 0.4) is 0 Å². The first-order chi connectivity index (χ1) is 10.7. The van der Waals surface area contributed by atoms with Crippen LogP contribution in [0.4, 0.5) is 0 Å². The fourth-order valence-corrected chi connectivity index (χ4v) is 2.58. The normalized spacial score (nSPS) is 11.2. The molecule has 0 saturated heterocycles. The Kier molecular flexibility index (Phi) is 4.45. The van der Waals surface area contributed by atoms with E-state index >= 15 is 0 Å². The molecular formula is C19H22N2O. The molecule has 0 spiro atoms. The number of ether oxygens (including phenoxy) is 1. The Bertz CT molecular complexity index is 732. The van der Waals surface area contributed by atoms with E-state index in [4.69, 9.17) is 4.74 Å². The first kappa shape index (κ1) is 14.7. The van der Waals surface area contributed by atoms with Gasteiger partial charge >= 0.3 is 0 Å². The molecule has 0 atom stereocenters. The molecule has 1 aromatic heterocycles. The van der Waals surface area contributed by atoms with Gasteiger partial charge in [0.05, 0.1) is 5.52 Å². The van der Waals surface area contributed by atoms with Crippen molar-refractivity contribution in [3.63, 3.8) is 0 Å². The van der Waals surface area contributed by atoms with Crippen molar-refractivity contribution >= 4 is 10.9 Å². The Morgan fingerprint density at radius 3 is 2.55 bits per heavy atom. The minimum Gasteiger partial charge on any atom is -0.492 e. The second-order valence-electron chi connectivity index (χ2n) is 5.77. The third-order valence-electron chi connectivity index (χ3n) is 3.77. The summed E-state index contributed by atoms with van der Waals surface area (Å²) < 4.78 is 8.21. The summed E-state index contributed by atoms with van der Waals surface area (Å²) in [5.74, 6) is 0.964. The summed E-state index contributed by atoms with van der Waals surface area (Å²) in [6.07, 6.45) is 2.14. The van der Waals surface area contributed by atoms with Crippen LogP contribution in [0.5, 0.6) is 5.75 Å². The van der Waals surface area contributed by atoms with Crippen LogP contribution in [0.25, 0.3) is 10.9 Å². The Morgan fingerprint density at radius 1 is 0.955 bits per heavy atom. The van der Waals surface area contributed by atoms with E-state index in [1.54, 1.807) is 0 Å². The zero-order valence-corrected chi connectivity index (χ0v) is 13.2. The molecule has 0 fully saturated rings. The Labute approximate surface area is 131 Å². The van der Waals surface area contributed by atoms with E-state index < -0.39 is 0 Å². The third kappa shape index (κ3) is 3.31. The lowest BCUT2D eigenvalue weighted by molar-refractivity contribution is 0.263. The molecule has 3 rings (SSSR count). The highest BCUT2D eigenvalue weighted by atomic mass is 16.5. The van der Waals surface area contributed by atoms with E-state index in [-0.39, 0.29) is 0 Å². The van der Waals surface area contributed by atoms with Crippen molar-refractivity contribution in [1.82, 2.24) is 9.47 Å². The summed E-state index contributed by atoms with van der Waals surface area (Å²) in [6.45, 7) is 2.50. The molecule has 1 heterocycles. The van der Waals surface area contributed by atoms with Crippen molar-refractivity contribution in [2.24, 2.45) is 0 Å². The summed E-state index contributed by atoms with van der Waals surface area (Å²) in [6, 6.07) is 18.9. The first-order valence-electron chi connectivity index (χ1n) is 7.63. The van der Waals surface area contributed by atoms with Gasteiger partial charge in [-0.05, 0) is 37.9 Å². The fraction of sp³-hybridized carbons (Fsp3) is 0.263. The molecule has 114 valence electrons. The minimum absolute atomic E-state index is 0.704. The largest absolute Gasteiger partial charge is 0.492 e. The number of rotatable bonds is 6. The Morgan fingerprint density at radius 2 is 1.77 bits per heavy atom. The molecule has 0 aliphatic rings. The maximum absolute atomic E-state index is 5.94. The third-order valence-corrected chi connectivity index (χ3v) is 3.77. The van der Waals surface area contributed by atoms with Crippen LogP contribution in [0, 0.1) is 0 Å². The highest BCUT2D eigenvalue weighted by molar-refractivity contribution is 5.86. The number of benzene rings is 2. The van der Waals surface area contributed by atoms with Crippen molar-refractivity contribution in [2.75, 3.05) is 27.2 Å². The summed E-state index contributed by atoms with van der Waals surface area (Å²) >= 11 is 0. The summed E-state index contributed by atoms with van der Waals surface area (Å²) in [5, 5.41) is 1.18. The smallest absolute Gasteiger partial charge is 0.128 e. The van der Waals surface area contributed by atoms with Crippen LogP contribution in [0.15, 0.2) is 60.8 Å². The quantitative estimate of drug-likeness (QED) is 0.691. The molecule has 3 heteroatoms. The number of hydrogen-bond donors (Lipinski definition) is 0. The molecule has 0 aliphatic carbocycles. The van der Waals surface area contributed by atoms with Gasteiger partial charge in [-0.2, -0.15) is 0 Å². The van der Waals surface area contributed by atoms with Gasteiger partial charge in [-0.25, -0.2) is 0 Å². The highest BCUT2D eigenvalue weighted by Gasteiger charge is 2.07. The lowest BCUT2D eigenvalue weighted by atomic mass is 10.2. The van der Waals surface area contributed by atoms with Gasteiger partial charge in [0.1, 0.15) is 12.4 Å². The zero-order valence-electron chi connectivity index (χ0n) is 13.2. The molecule has 0 amide bonds. The molecular weight excluding hydrogens is 272 g/mol. The lowest BCUT2D eigenvalue weighted by Gasteiger charge is -2.12. The number of nitrogens with zero attached hydrogens (tertiary/aromatic N) is 2. The predicted molar refractivity (Wildman–Crippen MR) is 91.5 cm³/mol. The van der Waals surface area contributed by atoms with E-state index in [0.717, 1.165) is 18.8 Å². The molecule has 3 nitrogen and oxygen atoms in total. The van der Waals surface area contributed by atoms with Crippen molar-refractivity contribution in [3.8, 4) is 5.75 Å². The second kappa shape index (κ2) is 6.67. The number of aromatic nitrogens is 1. The summed E-state index contributed by atoms with van der Waals surface area (Å²) in [7, 11) is 4.11. The molecule has 0 saturated carbocycles. The van der Waals surface area contributed by atoms with Crippen LogP contribution in [-0.4, -0.2) is 36.7 Å². The van der Waals surface area contributed by atoms with Crippen LogP contribution in [-0.2, 0) is 6.54 Å². The van der Waals surface area contributed by atoms with Gasteiger partial charge in [-0.3, -0.25) is 0 Å². The molecule has 0 aliphatic heterocycles. The average Bonchev–Trinajstić information content (AvgIpc) is 2.92. The van der Waals surface area contributed by atoms with Gasteiger partial charge < -0.3 is 14.2 Å². The van der Waals surface area contributed by atoms with E-state index in [0.29, 0.717) is 6.61 Å². The number of hydrogen-bond acceptors (Lipinski definition) is 2. The number of fused-ring (bicyclic) bond motifs is 1. The molecule has 2 aromatic carbocycles. The van der Waals surface area contributed by atoms with Crippen molar-refractivity contribution < 1.29 is 4.74 Å². The zero-order chi connectivity index (χ0) is 15.4. The van der Waals surface area contributed by atoms with Crippen LogP contribution in [0.1, 0.15) is 5.56 Å². The van der Waals surface area contributed by atoms with Crippen LogP contribution < -0.4 is 4.74 Å². The van der Waals surface area contributed by atoms with Gasteiger partial charge in [0.25, 0.3) is 0 Å². The first-order valence-corrected chi connectivity index (χ1v) is 7.63. The highest BCUT2D eigenvalue weighted by Crippen LogP contribution is 2.27. The molecule has 0 N–H and O–H groups in total. The fourth-order valence-electron chi connectivity index (χ4n) is 2.58. The number of likely N-dealkylation sites (N-methyl/N-ethyl adjacent to an activating group) is 1. The standard InChI is InChI=1S/C19H22N2O/c1-20(2)13-14-22-19-10-6-9-18-17(19)11-12-21(18)15-16-7-4-3-5-8-16/h3-12H,13-15H2,1-2H3. The summed E-state index contributed by atoms with van der Waals surface area (Å²) in [5.41, 5.74) is 2.52. The maximum atomic E-state index is 5.94. The SMILES string of the molecule is CN(C)CCOc1cccc2c1ccn2Cc1ccccc1. The van der Waals surface area contributed by atoms with Crippen LogP contribution in [0.2, 0.25) is 0 Å². The van der Waals surface area contributed by atoms with E-state index in [1.807, 2.05) is 12.1 Å². The second-order valence-corrected chi connectivity index (χ2v) is 5.77. The lowest BCUT2D eigenvalue weighted by Crippen LogP contribution is -2.19. The maximum Gasteiger partial charge on any atom is 0.128 e. The molecule has 0 bridgehead atoms. The van der Waals surface area contributed by atoms with Gasteiger partial charge in [-0.15, -0.1) is 0 Å². The van der Waals surface area contributed by atoms with E-state index in [9.17, 15) is 0 Å². The van der Waals surface area contributed by atoms with Gasteiger partial charge in [0.2, 0.25) is 0 Å². The van der Waals surface area contributed by atoms with Gasteiger partial charge in [0.15, 0.2) is 0 Å². The van der Waals surface area contributed by atoms with E-state index in [1.165, 1.54) is 16.5 Å². The van der Waals surface area contributed by atoms with Crippen molar-refractivity contribution in [2.45, 2.75) is 6.54 Å². The molecule has 0 radical (unpaired) electrons. The topological polar surface area (TPSA) is 17.4 Å². The molecule has 0 unspecified atom stereocenters. The predicted octanol–water partition coefficient (Wildman–Crippen LogP) is 3.63. The Hall–Kier alpha value is -2.26. The molecule has 3 aromatic rings. The van der Waals surface area contributed by atoms with Crippen LogP contribution >= 0.6 is 0 Å². The van der Waals surface area contributed by atoms with Crippen molar-refractivity contribution in [3.05, 3.63) is 66.4 Å². The summed E-state index contributed by atoms with van der Waals surface area (Å²) in [4.78, 5) is 2.13. The van der Waals surface area contributed by atoms with E-state index in [2.05, 4.69) is 72.2 Å². The average molecular weight is 294 g/mol. The van der Waals surface area contributed by atoms with Crippen molar-refractivity contribution in [1.29, 1.82) is 0 Å². The minimum atomic E-state index is 0.704. The van der Waals surface area contributed by atoms with Gasteiger partial charge in [-0.1, -0.05) is 36.4 Å².